The van der Waals surface area contributed by atoms with Gasteiger partial charge in [-0.3, -0.25) is 4.79 Å². The van der Waals surface area contributed by atoms with E-state index < -0.39 is 0 Å². The summed E-state index contributed by atoms with van der Waals surface area (Å²) in [5.41, 5.74) is 1.82. The van der Waals surface area contributed by atoms with Crippen molar-refractivity contribution in [2.45, 2.75) is 25.8 Å². The molecule has 0 fully saturated rings. The Morgan fingerprint density at radius 1 is 1.50 bits per heavy atom. The fraction of sp³-hybridized carbons (Fsp3) is 0.500. The Kier molecular flexibility index (Phi) is 6.36. The molecular weight excluding hydrogens is 292 g/mol. The lowest BCUT2D eigenvalue weighted by Crippen LogP contribution is -2.33. The Morgan fingerprint density at radius 3 is 2.72 bits per heavy atom. The van der Waals surface area contributed by atoms with Crippen molar-refractivity contribution < 1.29 is 4.79 Å². The Morgan fingerprint density at radius 2 is 2.22 bits per heavy atom. The van der Waals surface area contributed by atoms with Gasteiger partial charge in [-0.1, -0.05) is 6.92 Å². The summed E-state index contributed by atoms with van der Waals surface area (Å²) in [6.07, 6.45) is 3.08. The number of nitrogens with zero attached hydrogens (tertiary/aromatic N) is 1. The number of carbonyl (C=O) groups is 1. The molecule has 1 aromatic carbocycles. The Bertz CT molecular complexity index is 395. The molecule has 1 N–H and O–H groups in total. The van der Waals surface area contributed by atoms with Gasteiger partial charge in [0.15, 0.2) is 6.29 Å². The maximum Gasteiger partial charge on any atom is 0.151 e. The normalized spacial score (nSPS) is 12.2. The number of hydrogen-bond acceptors (Lipinski definition) is 3. The first-order valence-corrected chi connectivity index (χ1v) is 7.05. The van der Waals surface area contributed by atoms with Crippen LogP contribution in [0.3, 0.4) is 0 Å². The lowest BCUT2D eigenvalue weighted by molar-refractivity contribution is 0.112. The molecule has 0 aromatic heterocycles. The van der Waals surface area contributed by atoms with Crippen LogP contribution < -0.4 is 10.2 Å². The third-order valence-corrected chi connectivity index (χ3v) is 3.95. The van der Waals surface area contributed by atoms with Crippen molar-refractivity contribution in [3.8, 4) is 0 Å². The second-order valence-electron chi connectivity index (χ2n) is 4.39. The van der Waals surface area contributed by atoms with Gasteiger partial charge < -0.3 is 10.2 Å². The Labute approximate surface area is 118 Å². The van der Waals surface area contributed by atoms with Gasteiger partial charge in [-0.05, 0) is 60.6 Å². The van der Waals surface area contributed by atoms with Crippen molar-refractivity contribution in [2.75, 3.05) is 25.5 Å². The minimum Gasteiger partial charge on any atom is -0.372 e. The zero-order valence-electron chi connectivity index (χ0n) is 11.2. The highest BCUT2D eigenvalue weighted by atomic mass is 79.9. The van der Waals surface area contributed by atoms with E-state index in [0.717, 1.165) is 35.8 Å². The molecule has 4 heteroatoms. The van der Waals surface area contributed by atoms with Crippen molar-refractivity contribution in [2.24, 2.45) is 0 Å². The standard InChI is InChI=1S/C14H21BrN2O/c1-4-12(7-8-16-2)17(3)13-6-5-11(10-18)14(15)9-13/h5-6,9-10,12,16H,4,7-8H2,1-3H3. The van der Waals surface area contributed by atoms with Crippen molar-refractivity contribution in [3.05, 3.63) is 28.2 Å². The van der Waals surface area contributed by atoms with Crippen LogP contribution >= 0.6 is 15.9 Å². The maximum absolute atomic E-state index is 10.8. The first-order valence-electron chi connectivity index (χ1n) is 6.26. The van der Waals surface area contributed by atoms with Crippen molar-refractivity contribution in [1.29, 1.82) is 0 Å². The molecule has 0 spiro atoms. The molecule has 0 radical (unpaired) electrons. The molecule has 0 aliphatic heterocycles. The van der Waals surface area contributed by atoms with Crippen LogP contribution in [-0.2, 0) is 0 Å². The predicted molar refractivity (Wildman–Crippen MR) is 80.6 cm³/mol. The lowest BCUT2D eigenvalue weighted by Gasteiger charge is -2.29. The first-order chi connectivity index (χ1) is 8.63. The molecule has 0 aliphatic rings. The lowest BCUT2D eigenvalue weighted by atomic mass is 10.1. The topological polar surface area (TPSA) is 32.3 Å². The fourth-order valence-electron chi connectivity index (χ4n) is 2.02. The molecule has 1 unspecified atom stereocenters. The van der Waals surface area contributed by atoms with E-state index in [0.29, 0.717) is 11.6 Å². The van der Waals surface area contributed by atoms with E-state index in [1.807, 2.05) is 25.2 Å². The van der Waals surface area contributed by atoms with Gasteiger partial charge in [0.05, 0.1) is 0 Å². The summed E-state index contributed by atoms with van der Waals surface area (Å²) in [6, 6.07) is 6.36. The highest BCUT2D eigenvalue weighted by Crippen LogP contribution is 2.25. The van der Waals surface area contributed by atoms with Crippen LogP contribution in [0.4, 0.5) is 5.69 Å². The number of nitrogens with one attached hydrogen (secondary N) is 1. The minimum atomic E-state index is 0.506. The summed E-state index contributed by atoms with van der Waals surface area (Å²) in [6.45, 7) is 3.21. The highest BCUT2D eigenvalue weighted by molar-refractivity contribution is 9.10. The van der Waals surface area contributed by atoms with Crippen molar-refractivity contribution in [1.82, 2.24) is 5.32 Å². The van der Waals surface area contributed by atoms with Gasteiger partial charge in [0, 0.05) is 28.8 Å². The molecule has 100 valence electrons. The second kappa shape index (κ2) is 7.54. The highest BCUT2D eigenvalue weighted by Gasteiger charge is 2.13. The number of hydrogen-bond donors (Lipinski definition) is 1. The van der Waals surface area contributed by atoms with Gasteiger partial charge in [-0.25, -0.2) is 0 Å². The average Bonchev–Trinajstić information content (AvgIpc) is 2.39. The molecule has 0 saturated heterocycles. The number of carbonyl (C=O) groups excluding carboxylic acids is 1. The van der Waals surface area contributed by atoms with E-state index >= 15 is 0 Å². The van der Waals surface area contributed by atoms with E-state index in [1.165, 1.54) is 0 Å². The van der Waals surface area contributed by atoms with E-state index in [2.05, 4.69) is 40.1 Å². The number of aldehydes is 1. The summed E-state index contributed by atoms with van der Waals surface area (Å²) in [4.78, 5) is 13.1. The second-order valence-corrected chi connectivity index (χ2v) is 5.24. The average molecular weight is 313 g/mol. The van der Waals surface area contributed by atoms with Gasteiger partial charge in [-0.15, -0.1) is 0 Å². The molecule has 0 bridgehead atoms. The van der Waals surface area contributed by atoms with Gasteiger partial charge in [0.1, 0.15) is 0 Å². The van der Waals surface area contributed by atoms with Crippen LogP contribution in [0.2, 0.25) is 0 Å². The molecule has 1 atom stereocenters. The third-order valence-electron chi connectivity index (χ3n) is 3.26. The third kappa shape index (κ3) is 3.82. The molecule has 0 amide bonds. The SMILES string of the molecule is CCC(CCNC)N(C)c1ccc(C=O)c(Br)c1. The van der Waals surface area contributed by atoms with Gasteiger partial charge in [-0.2, -0.15) is 0 Å². The van der Waals surface area contributed by atoms with Crippen LogP contribution in [0.5, 0.6) is 0 Å². The van der Waals surface area contributed by atoms with Crippen molar-refractivity contribution in [3.63, 3.8) is 0 Å². The Hall–Kier alpha value is -0.870. The summed E-state index contributed by atoms with van der Waals surface area (Å²) < 4.78 is 0.852. The molecule has 1 aromatic rings. The smallest absolute Gasteiger partial charge is 0.151 e. The zero-order chi connectivity index (χ0) is 13.5. The molecule has 18 heavy (non-hydrogen) atoms. The summed E-state index contributed by atoms with van der Waals surface area (Å²) in [7, 11) is 4.08. The van der Waals surface area contributed by atoms with Crippen LogP contribution in [0, 0.1) is 0 Å². The van der Waals surface area contributed by atoms with Crippen LogP contribution in [0.15, 0.2) is 22.7 Å². The predicted octanol–water partition coefficient (Wildman–Crippen LogP) is 3.09. The van der Waals surface area contributed by atoms with Gasteiger partial charge in [0.2, 0.25) is 0 Å². The van der Waals surface area contributed by atoms with E-state index in [-0.39, 0.29) is 0 Å². The quantitative estimate of drug-likeness (QED) is 0.785. The molecule has 0 aliphatic carbocycles. The fourth-order valence-corrected chi connectivity index (χ4v) is 2.48. The van der Waals surface area contributed by atoms with Crippen LogP contribution in [-0.4, -0.2) is 33.0 Å². The molecule has 0 heterocycles. The monoisotopic (exact) mass is 312 g/mol. The molecular formula is C14H21BrN2O. The van der Waals surface area contributed by atoms with Crippen molar-refractivity contribution >= 4 is 27.9 Å². The summed E-state index contributed by atoms with van der Waals surface area (Å²) >= 11 is 3.43. The van der Waals surface area contributed by atoms with E-state index in [4.69, 9.17) is 0 Å². The maximum atomic E-state index is 10.8. The molecule has 0 saturated carbocycles. The van der Waals surface area contributed by atoms with Gasteiger partial charge in [0.25, 0.3) is 0 Å². The van der Waals surface area contributed by atoms with E-state index in [1.54, 1.807) is 0 Å². The summed E-state index contributed by atoms with van der Waals surface area (Å²) in [5, 5.41) is 3.19. The molecule has 3 nitrogen and oxygen atoms in total. The molecule has 1 rings (SSSR count). The minimum absolute atomic E-state index is 0.506. The number of benzene rings is 1. The van der Waals surface area contributed by atoms with Crippen LogP contribution in [0.25, 0.3) is 0 Å². The number of halogens is 1. The number of rotatable bonds is 7. The largest absolute Gasteiger partial charge is 0.372 e. The van der Waals surface area contributed by atoms with E-state index in [9.17, 15) is 4.79 Å². The zero-order valence-corrected chi connectivity index (χ0v) is 12.8. The Balaban J connectivity index is 2.84. The van der Waals surface area contributed by atoms with Gasteiger partial charge >= 0.3 is 0 Å². The number of anilines is 1. The summed E-state index contributed by atoms with van der Waals surface area (Å²) in [5.74, 6) is 0. The van der Waals surface area contributed by atoms with Crippen LogP contribution in [0.1, 0.15) is 30.1 Å². The first kappa shape index (κ1) is 15.2.